The van der Waals surface area contributed by atoms with Crippen LogP contribution in [0.1, 0.15) is 0 Å². The maximum Gasteiger partial charge on any atom is 0.412 e. The van der Waals surface area contributed by atoms with Gasteiger partial charge in [0.25, 0.3) is 10.0 Å². The Labute approximate surface area is 122 Å². The Bertz CT molecular complexity index is 712. The maximum atomic E-state index is 12.1. The molecule has 0 aromatic heterocycles. The van der Waals surface area contributed by atoms with E-state index >= 15 is 0 Å². The van der Waals surface area contributed by atoms with E-state index in [4.69, 9.17) is 4.74 Å². The van der Waals surface area contributed by atoms with Gasteiger partial charge in [0.05, 0.1) is 4.90 Å². The minimum Gasteiger partial charge on any atom is -0.410 e. The van der Waals surface area contributed by atoms with Crippen LogP contribution in [0.3, 0.4) is 0 Å². The van der Waals surface area contributed by atoms with Gasteiger partial charge in [0.2, 0.25) is 0 Å². The first-order valence-corrected chi connectivity index (χ1v) is 7.57. The molecule has 2 rings (SSSR count). The molecule has 21 heavy (non-hydrogen) atoms. The van der Waals surface area contributed by atoms with E-state index in [1.165, 1.54) is 43.4 Å². The van der Waals surface area contributed by atoms with Crippen molar-refractivity contribution in [2.45, 2.75) is 4.90 Å². The van der Waals surface area contributed by atoms with E-state index in [0.29, 0.717) is 11.4 Å². The van der Waals surface area contributed by atoms with E-state index in [1.54, 1.807) is 18.2 Å². The normalized spacial score (nSPS) is 10.7. The van der Waals surface area contributed by atoms with E-state index in [2.05, 4.69) is 10.0 Å². The summed E-state index contributed by atoms with van der Waals surface area (Å²) in [6.07, 6.45) is -0.590. The molecule has 2 aromatic carbocycles. The summed E-state index contributed by atoms with van der Waals surface area (Å²) in [4.78, 5) is 11.2. The third-order valence-electron chi connectivity index (χ3n) is 2.57. The number of benzene rings is 2. The second-order valence-corrected chi connectivity index (χ2v) is 5.76. The zero-order chi connectivity index (χ0) is 15.3. The number of amides is 1. The summed E-state index contributed by atoms with van der Waals surface area (Å²) in [5.41, 5.74) is 0.378. The van der Waals surface area contributed by atoms with Gasteiger partial charge in [-0.1, -0.05) is 18.2 Å². The highest BCUT2D eigenvalue weighted by Gasteiger charge is 2.13. The Morgan fingerprint density at radius 3 is 2.19 bits per heavy atom. The zero-order valence-corrected chi connectivity index (χ0v) is 12.1. The topological polar surface area (TPSA) is 84.5 Å². The van der Waals surface area contributed by atoms with Crippen molar-refractivity contribution in [3.8, 4) is 5.75 Å². The number of carbonyl (C=O) groups is 1. The fourth-order valence-corrected chi connectivity index (χ4v) is 2.64. The van der Waals surface area contributed by atoms with Gasteiger partial charge in [0.1, 0.15) is 5.75 Å². The molecule has 0 aliphatic rings. The van der Waals surface area contributed by atoms with Gasteiger partial charge in [0.15, 0.2) is 0 Å². The Hall–Kier alpha value is -2.54. The van der Waals surface area contributed by atoms with E-state index in [9.17, 15) is 13.2 Å². The second kappa shape index (κ2) is 6.27. The molecule has 0 saturated carbocycles. The summed E-state index contributed by atoms with van der Waals surface area (Å²) in [5, 5.41) is 2.32. The molecule has 7 heteroatoms. The highest BCUT2D eigenvalue weighted by molar-refractivity contribution is 7.92. The third-order valence-corrected chi connectivity index (χ3v) is 3.97. The van der Waals surface area contributed by atoms with Crippen LogP contribution in [0.5, 0.6) is 5.75 Å². The number of hydrogen-bond acceptors (Lipinski definition) is 4. The molecule has 0 heterocycles. The molecule has 6 nitrogen and oxygen atoms in total. The SMILES string of the molecule is CNC(=O)Oc1ccc(NS(=O)(=O)c2ccccc2)cc1. The van der Waals surface area contributed by atoms with Gasteiger partial charge in [0, 0.05) is 12.7 Å². The molecule has 1 amide bonds. The average molecular weight is 306 g/mol. The smallest absolute Gasteiger partial charge is 0.410 e. The minimum absolute atomic E-state index is 0.177. The van der Waals surface area contributed by atoms with Crippen LogP contribution in [0.25, 0.3) is 0 Å². The van der Waals surface area contributed by atoms with Crippen molar-refractivity contribution in [3.63, 3.8) is 0 Å². The predicted molar refractivity (Wildman–Crippen MR) is 78.8 cm³/mol. The quantitative estimate of drug-likeness (QED) is 0.907. The number of sulfonamides is 1. The van der Waals surface area contributed by atoms with Gasteiger partial charge in [-0.05, 0) is 36.4 Å². The number of anilines is 1. The standard InChI is InChI=1S/C14H14N2O4S/c1-15-14(17)20-12-9-7-11(8-10-12)16-21(18,19)13-5-3-2-4-6-13/h2-10,16H,1H3,(H,15,17). The monoisotopic (exact) mass is 306 g/mol. The van der Waals surface area contributed by atoms with Gasteiger partial charge in [-0.15, -0.1) is 0 Å². The van der Waals surface area contributed by atoms with Crippen LogP contribution in [0.2, 0.25) is 0 Å². The molecule has 0 atom stereocenters. The van der Waals surface area contributed by atoms with Gasteiger partial charge >= 0.3 is 6.09 Å². The fraction of sp³-hybridized carbons (Fsp3) is 0.0714. The summed E-state index contributed by atoms with van der Waals surface area (Å²) in [6.45, 7) is 0. The van der Waals surface area contributed by atoms with Crippen molar-refractivity contribution in [1.82, 2.24) is 5.32 Å². The van der Waals surface area contributed by atoms with Crippen LogP contribution in [0.15, 0.2) is 59.5 Å². The van der Waals surface area contributed by atoms with Crippen LogP contribution >= 0.6 is 0 Å². The van der Waals surface area contributed by atoms with Crippen molar-refractivity contribution in [2.75, 3.05) is 11.8 Å². The number of rotatable bonds is 4. The summed E-state index contributed by atoms with van der Waals surface area (Å²) < 4.78 is 31.6. The molecule has 0 saturated heterocycles. The molecule has 2 aromatic rings. The van der Waals surface area contributed by atoms with Gasteiger partial charge in [-0.2, -0.15) is 0 Å². The lowest BCUT2D eigenvalue weighted by molar-refractivity contribution is 0.203. The van der Waals surface area contributed by atoms with Crippen LogP contribution in [0, 0.1) is 0 Å². The number of hydrogen-bond donors (Lipinski definition) is 2. The summed E-state index contributed by atoms with van der Waals surface area (Å²) in [6, 6.07) is 14.1. The third kappa shape index (κ3) is 3.96. The van der Waals surface area contributed by atoms with Crippen molar-refractivity contribution >= 4 is 21.8 Å². The van der Waals surface area contributed by atoms with Crippen LogP contribution < -0.4 is 14.8 Å². The lowest BCUT2D eigenvalue weighted by atomic mass is 10.3. The summed E-state index contributed by atoms with van der Waals surface area (Å²) in [7, 11) is -2.17. The van der Waals surface area contributed by atoms with E-state index < -0.39 is 16.1 Å². The first-order chi connectivity index (χ1) is 10.0. The van der Waals surface area contributed by atoms with Crippen molar-refractivity contribution in [2.24, 2.45) is 0 Å². The second-order valence-electron chi connectivity index (χ2n) is 4.08. The van der Waals surface area contributed by atoms with Gasteiger partial charge < -0.3 is 10.1 Å². The Kier molecular flexibility index (Phi) is 4.44. The van der Waals surface area contributed by atoms with Crippen molar-refractivity contribution in [3.05, 3.63) is 54.6 Å². The lowest BCUT2D eigenvalue weighted by Crippen LogP contribution is -2.22. The Morgan fingerprint density at radius 2 is 1.62 bits per heavy atom. The zero-order valence-electron chi connectivity index (χ0n) is 11.2. The van der Waals surface area contributed by atoms with Crippen molar-refractivity contribution in [1.29, 1.82) is 0 Å². The molecule has 0 fully saturated rings. The van der Waals surface area contributed by atoms with Crippen LogP contribution in [-0.2, 0) is 10.0 Å². The summed E-state index contributed by atoms with van der Waals surface area (Å²) >= 11 is 0. The fourth-order valence-electron chi connectivity index (χ4n) is 1.56. The first-order valence-electron chi connectivity index (χ1n) is 6.09. The molecule has 0 bridgehead atoms. The van der Waals surface area contributed by atoms with Gasteiger partial charge in [-0.3, -0.25) is 4.72 Å². The maximum absolute atomic E-state index is 12.1. The molecule has 0 spiro atoms. The van der Waals surface area contributed by atoms with Crippen LogP contribution in [-0.4, -0.2) is 21.6 Å². The van der Waals surface area contributed by atoms with E-state index in [0.717, 1.165) is 0 Å². The van der Waals surface area contributed by atoms with Gasteiger partial charge in [-0.25, -0.2) is 13.2 Å². The first kappa shape index (κ1) is 14.9. The van der Waals surface area contributed by atoms with E-state index in [-0.39, 0.29) is 4.90 Å². The highest BCUT2D eigenvalue weighted by atomic mass is 32.2. The molecule has 2 N–H and O–H groups in total. The predicted octanol–water partition coefficient (Wildman–Crippen LogP) is 2.21. The molecule has 110 valence electrons. The lowest BCUT2D eigenvalue weighted by Gasteiger charge is -2.09. The van der Waals surface area contributed by atoms with E-state index in [1.807, 2.05) is 0 Å². The minimum atomic E-state index is -3.62. The Morgan fingerprint density at radius 1 is 1.00 bits per heavy atom. The number of carbonyl (C=O) groups excluding carboxylic acids is 1. The average Bonchev–Trinajstić information content (AvgIpc) is 2.50. The molecule has 0 aliphatic carbocycles. The molecule has 0 aliphatic heterocycles. The number of nitrogens with one attached hydrogen (secondary N) is 2. The molecule has 0 radical (unpaired) electrons. The largest absolute Gasteiger partial charge is 0.412 e. The summed E-state index contributed by atoms with van der Waals surface area (Å²) in [5.74, 6) is 0.317. The molecular formula is C14H14N2O4S. The Balaban J connectivity index is 2.12. The number of ether oxygens (including phenoxy) is 1. The highest BCUT2D eigenvalue weighted by Crippen LogP contribution is 2.19. The molecular weight excluding hydrogens is 292 g/mol. The van der Waals surface area contributed by atoms with Crippen LogP contribution in [0.4, 0.5) is 10.5 Å². The molecule has 0 unspecified atom stereocenters. The van der Waals surface area contributed by atoms with Crippen molar-refractivity contribution < 1.29 is 17.9 Å².